The summed E-state index contributed by atoms with van der Waals surface area (Å²) in [5.74, 6) is -0.619. The number of hydrogen-bond acceptors (Lipinski definition) is 6. The van der Waals surface area contributed by atoms with Gasteiger partial charge in [0.15, 0.2) is 0 Å². The quantitative estimate of drug-likeness (QED) is 0.564. The van der Waals surface area contributed by atoms with Gasteiger partial charge in [-0.1, -0.05) is 0 Å². The van der Waals surface area contributed by atoms with Crippen LogP contribution < -0.4 is 22.5 Å². The van der Waals surface area contributed by atoms with E-state index in [1.54, 1.807) is 0 Å². The Morgan fingerprint density at radius 1 is 0.960 bits per heavy atom. The minimum Gasteiger partial charge on any atom is -0.468 e. The molecule has 0 fully saturated rings. The van der Waals surface area contributed by atoms with Crippen molar-refractivity contribution >= 4 is 5.97 Å². The van der Waals surface area contributed by atoms with Gasteiger partial charge >= 0.3 is 17.3 Å². The van der Waals surface area contributed by atoms with E-state index < -0.39 is 28.5 Å². The summed E-state index contributed by atoms with van der Waals surface area (Å²) in [6, 6.07) is 2.43. The van der Waals surface area contributed by atoms with Crippen molar-refractivity contribution in [2.75, 3.05) is 7.11 Å². The summed E-state index contributed by atoms with van der Waals surface area (Å²) in [7, 11) is 2.72. The van der Waals surface area contributed by atoms with E-state index >= 15 is 0 Å². The number of rotatable bonds is 6. The molecule has 0 saturated carbocycles. The highest BCUT2D eigenvalue weighted by Crippen LogP contribution is 1.88. The Morgan fingerprint density at radius 3 is 2.12 bits per heavy atom. The highest BCUT2D eigenvalue weighted by molar-refractivity contribution is 5.68. The van der Waals surface area contributed by atoms with Crippen molar-refractivity contribution in [2.24, 2.45) is 7.05 Å². The number of hydrogen-bond donors (Lipinski definition) is 0. The minimum atomic E-state index is -0.661. The number of aryl methyl sites for hydroxylation is 1. The van der Waals surface area contributed by atoms with Crippen LogP contribution in [0.4, 0.5) is 0 Å². The van der Waals surface area contributed by atoms with Crippen LogP contribution in [0.15, 0.2) is 43.7 Å². The number of methoxy groups -OCH3 is 1. The second-order valence-corrected chi connectivity index (χ2v) is 5.34. The monoisotopic (exact) mass is 350 g/mol. The molecule has 2 heterocycles. The normalized spacial score (nSPS) is 10.6. The summed E-state index contributed by atoms with van der Waals surface area (Å²) in [6.45, 7) is -0.247. The largest absolute Gasteiger partial charge is 0.468 e. The van der Waals surface area contributed by atoms with E-state index in [1.165, 1.54) is 37.2 Å². The number of carbonyl (C=O) groups excluding carboxylic acids is 1. The molecule has 0 atom stereocenters. The Balaban J connectivity index is 2.21. The SMILES string of the molecule is COC(=O)Cn1ccc(=O)n(CCCn2c(=O)ccn(C)c2=O)c1=O. The lowest BCUT2D eigenvalue weighted by molar-refractivity contribution is -0.141. The molecule has 134 valence electrons. The van der Waals surface area contributed by atoms with E-state index in [2.05, 4.69) is 4.74 Å². The average molecular weight is 350 g/mol. The molecule has 0 radical (unpaired) electrons. The van der Waals surface area contributed by atoms with Gasteiger partial charge in [0, 0.05) is 44.7 Å². The van der Waals surface area contributed by atoms with Crippen LogP contribution in [0.1, 0.15) is 6.42 Å². The van der Waals surface area contributed by atoms with E-state index in [1.807, 2.05) is 0 Å². The highest BCUT2D eigenvalue weighted by atomic mass is 16.5. The maximum atomic E-state index is 12.3. The summed E-state index contributed by atoms with van der Waals surface area (Å²) in [6.07, 6.45) is 2.81. The van der Waals surface area contributed by atoms with Crippen molar-refractivity contribution < 1.29 is 9.53 Å². The summed E-state index contributed by atoms with van der Waals surface area (Å²) in [4.78, 5) is 59.1. The molecule has 0 saturated heterocycles. The Labute approximate surface area is 141 Å². The third kappa shape index (κ3) is 4.03. The first-order valence-corrected chi connectivity index (χ1v) is 7.48. The highest BCUT2D eigenvalue weighted by Gasteiger charge is 2.09. The van der Waals surface area contributed by atoms with E-state index in [9.17, 15) is 24.0 Å². The molecule has 0 aliphatic rings. The lowest BCUT2D eigenvalue weighted by Gasteiger charge is -2.10. The van der Waals surface area contributed by atoms with Crippen LogP contribution in [-0.2, 0) is 36.2 Å². The molecule has 0 N–H and O–H groups in total. The number of ether oxygens (including phenoxy) is 1. The molecule has 2 rings (SSSR count). The van der Waals surface area contributed by atoms with Crippen molar-refractivity contribution in [1.82, 2.24) is 18.3 Å². The zero-order valence-electron chi connectivity index (χ0n) is 13.9. The van der Waals surface area contributed by atoms with Gasteiger partial charge in [-0.15, -0.1) is 0 Å². The first-order valence-electron chi connectivity index (χ1n) is 7.48. The molecule has 10 heteroatoms. The molecular weight excluding hydrogens is 332 g/mol. The molecule has 0 amide bonds. The summed E-state index contributed by atoms with van der Waals surface area (Å²) >= 11 is 0. The number of nitrogens with zero attached hydrogens (tertiary/aromatic N) is 4. The van der Waals surface area contributed by atoms with Gasteiger partial charge in [0.05, 0.1) is 7.11 Å². The molecule has 0 aliphatic carbocycles. The molecule has 0 aromatic carbocycles. The van der Waals surface area contributed by atoms with Crippen LogP contribution in [0, 0.1) is 0 Å². The molecule has 2 aromatic heterocycles. The molecule has 25 heavy (non-hydrogen) atoms. The fourth-order valence-electron chi connectivity index (χ4n) is 2.29. The Kier molecular flexibility index (Phi) is 5.52. The zero-order valence-corrected chi connectivity index (χ0v) is 13.9. The maximum Gasteiger partial charge on any atom is 0.331 e. The third-order valence-electron chi connectivity index (χ3n) is 3.67. The topological polar surface area (TPSA) is 114 Å². The molecule has 0 aliphatic heterocycles. The summed E-state index contributed by atoms with van der Waals surface area (Å²) in [5.41, 5.74) is -2.12. The van der Waals surface area contributed by atoms with Gasteiger partial charge in [0.2, 0.25) is 0 Å². The predicted molar refractivity (Wildman–Crippen MR) is 87.5 cm³/mol. The predicted octanol–water partition coefficient (Wildman–Crippen LogP) is -1.87. The van der Waals surface area contributed by atoms with E-state index in [0.717, 1.165) is 19.8 Å². The van der Waals surface area contributed by atoms with Gasteiger partial charge in [-0.3, -0.25) is 28.1 Å². The standard InChI is InChI=1S/C15H18N4O6/c1-16-8-4-11(20)18(14(16)23)6-3-7-19-12(21)5-9-17(15(19)24)10-13(22)25-2/h4-5,8-9H,3,6-7,10H2,1-2H3. The smallest absolute Gasteiger partial charge is 0.331 e. The van der Waals surface area contributed by atoms with Crippen molar-refractivity contribution in [3.8, 4) is 0 Å². The van der Waals surface area contributed by atoms with Crippen LogP contribution in [0.3, 0.4) is 0 Å². The van der Waals surface area contributed by atoms with Crippen molar-refractivity contribution in [3.05, 3.63) is 66.2 Å². The minimum absolute atomic E-state index is 0.00413. The van der Waals surface area contributed by atoms with Crippen LogP contribution in [0.5, 0.6) is 0 Å². The van der Waals surface area contributed by atoms with Crippen molar-refractivity contribution in [1.29, 1.82) is 0 Å². The maximum absolute atomic E-state index is 12.3. The van der Waals surface area contributed by atoms with Gasteiger partial charge in [-0.25, -0.2) is 9.59 Å². The fraction of sp³-hybridized carbons (Fsp3) is 0.400. The molecule has 2 aromatic rings. The van der Waals surface area contributed by atoms with Crippen molar-refractivity contribution in [2.45, 2.75) is 26.1 Å². The van der Waals surface area contributed by atoms with Gasteiger partial charge in [0.1, 0.15) is 6.54 Å². The Hall–Kier alpha value is -3.17. The lowest BCUT2D eigenvalue weighted by Crippen LogP contribution is -2.41. The van der Waals surface area contributed by atoms with Crippen LogP contribution in [0.25, 0.3) is 0 Å². The van der Waals surface area contributed by atoms with E-state index in [-0.39, 0.29) is 26.1 Å². The van der Waals surface area contributed by atoms with E-state index in [4.69, 9.17) is 0 Å². The molecule has 0 unspecified atom stereocenters. The number of esters is 1. The molecular formula is C15H18N4O6. The summed E-state index contributed by atoms with van der Waals surface area (Å²) < 4.78 is 8.79. The fourth-order valence-corrected chi connectivity index (χ4v) is 2.29. The molecule has 10 nitrogen and oxygen atoms in total. The van der Waals surface area contributed by atoms with Gasteiger partial charge in [-0.05, 0) is 6.42 Å². The number of aromatic nitrogens is 4. The molecule has 0 spiro atoms. The van der Waals surface area contributed by atoms with E-state index in [0.29, 0.717) is 0 Å². The van der Waals surface area contributed by atoms with Gasteiger partial charge in [-0.2, -0.15) is 0 Å². The second kappa shape index (κ2) is 7.60. The first-order chi connectivity index (χ1) is 11.8. The third-order valence-corrected chi connectivity index (χ3v) is 3.67. The number of carbonyl (C=O) groups is 1. The van der Waals surface area contributed by atoms with Crippen LogP contribution in [-0.4, -0.2) is 31.3 Å². The Bertz CT molecular complexity index is 1010. The second-order valence-electron chi connectivity index (χ2n) is 5.34. The molecule has 0 bridgehead atoms. The van der Waals surface area contributed by atoms with Gasteiger partial charge < -0.3 is 9.30 Å². The first kappa shape index (κ1) is 18.2. The zero-order chi connectivity index (χ0) is 18.6. The summed E-state index contributed by atoms with van der Waals surface area (Å²) in [5, 5.41) is 0. The van der Waals surface area contributed by atoms with Crippen molar-refractivity contribution in [3.63, 3.8) is 0 Å². The Morgan fingerprint density at radius 2 is 1.52 bits per heavy atom. The lowest BCUT2D eigenvalue weighted by atomic mass is 10.4. The average Bonchev–Trinajstić information content (AvgIpc) is 2.59. The van der Waals surface area contributed by atoms with Crippen LogP contribution >= 0.6 is 0 Å². The van der Waals surface area contributed by atoms with Gasteiger partial charge in [0.25, 0.3) is 11.1 Å². The van der Waals surface area contributed by atoms with Crippen LogP contribution in [0.2, 0.25) is 0 Å².